The Labute approximate surface area is 400 Å². The Hall–Kier alpha value is -1.59. The number of unbranched alkanes of at least 4 members (excludes halogenated alkanes) is 31. The molecule has 0 saturated carbocycles. The highest BCUT2D eigenvalue weighted by Gasteiger charge is 2.44. The van der Waals surface area contributed by atoms with Gasteiger partial charge in [-0.15, -0.1) is 0 Å². The Bertz CT molecular complexity index is 1090. The van der Waals surface area contributed by atoms with Gasteiger partial charge in [-0.2, -0.15) is 0 Å². The van der Waals surface area contributed by atoms with Crippen molar-refractivity contribution in [2.45, 2.75) is 288 Å². The maximum absolute atomic E-state index is 12.9. The molecule has 1 saturated heterocycles. The second-order valence-corrected chi connectivity index (χ2v) is 19.0. The number of hydrogen-bond donors (Lipinski definition) is 4. The summed E-state index contributed by atoms with van der Waals surface area (Å²) in [7, 11) is 0. The Morgan fingerprint density at radius 1 is 0.492 bits per heavy atom. The summed E-state index contributed by atoms with van der Waals surface area (Å²) in [6.07, 6.45) is 51.8. The van der Waals surface area contributed by atoms with Crippen LogP contribution in [0.5, 0.6) is 0 Å². The summed E-state index contributed by atoms with van der Waals surface area (Å²) in [5.41, 5.74) is 0. The predicted molar refractivity (Wildman–Crippen MR) is 270 cm³/mol. The lowest BCUT2D eigenvalue weighted by molar-refractivity contribution is -0.305. The molecule has 0 bridgehead atoms. The normalized spacial score (nSPS) is 19.6. The van der Waals surface area contributed by atoms with Crippen molar-refractivity contribution in [1.82, 2.24) is 0 Å². The lowest BCUT2D eigenvalue weighted by Crippen LogP contribution is -2.59. The second kappa shape index (κ2) is 47.5. The fourth-order valence-electron chi connectivity index (χ4n) is 8.46. The van der Waals surface area contributed by atoms with Crippen LogP contribution in [-0.4, -0.2) is 89.6 Å². The first-order valence-electron chi connectivity index (χ1n) is 27.6. The molecule has 0 aromatic carbocycles. The quantitative estimate of drug-likeness (QED) is 0.0267. The molecule has 382 valence electrons. The highest BCUT2D eigenvalue weighted by atomic mass is 16.7. The maximum Gasteiger partial charge on any atom is 0.306 e. The van der Waals surface area contributed by atoms with Crippen LogP contribution in [0.4, 0.5) is 0 Å². The molecule has 0 amide bonds. The molecule has 0 aromatic heterocycles. The van der Waals surface area contributed by atoms with Crippen LogP contribution in [-0.2, 0) is 23.7 Å². The van der Waals surface area contributed by atoms with E-state index in [9.17, 15) is 25.2 Å². The molecule has 65 heavy (non-hydrogen) atoms. The van der Waals surface area contributed by atoms with Gasteiger partial charge in [-0.1, -0.05) is 211 Å². The van der Waals surface area contributed by atoms with Crippen molar-refractivity contribution in [3.05, 3.63) is 36.5 Å². The van der Waals surface area contributed by atoms with Crippen molar-refractivity contribution in [3.8, 4) is 0 Å². The van der Waals surface area contributed by atoms with Gasteiger partial charge in [0.2, 0.25) is 0 Å². The molecule has 0 aromatic rings. The lowest BCUT2D eigenvalue weighted by Gasteiger charge is -2.39. The number of rotatable bonds is 48. The Balaban J connectivity index is 2.17. The van der Waals surface area contributed by atoms with E-state index in [1.807, 2.05) is 0 Å². The van der Waals surface area contributed by atoms with Gasteiger partial charge >= 0.3 is 5.97 Å². The van der Waals surface area contributed by atoms with E-state index in [0.717, 1.165) is 38.5 Å². The van der Waals surface area contributed by atoms with Gasteiger partial charge in [-0.25, -0.2) is 0 Å². The molecule has 1 aliphatic heterocycles. The van der Waals surface area contributed by atoms with Crippen LogP contribution in [0, 0.1) is 0 Å². The van der Waals surface area contributed by atoms with Crippen molar-refractivity contribution in [3.63, 3.8) is 0 Å². The number of carbonyl (C=O) groups is 1. The first-order chi connectivity index (χ1) is 31.9. The van der Waals surface area contributed by atoms with E-state index in [1.54, 1.807) is 0 Å². The third-order valence-electron chi connectivity index (χ3n) is 12.8. The van der Waals surface area contributed by atoms with Crippen molar-refractivity contribution in [2.75, 3.05) is 26.4 Å². The van der Waals surface area contributed by atoms with Gasteiger partial charge in [-0.3, -0.25) is 4.79 Å². The van der Waals surface area contributed by atoms with E-state index in [1.165, 1.54) is 193 Å². The number of aliphatic hydroxyl groups is 4. The van der Waals surface area contributed by atoms with Crippen molar-refractivity contribution in [2.24, 2.45) is 0 Å². The molecule has 9 heteroatoms. The Kier molecular flexibility index (Phi) is 44.9. The van der Waals surface area contributed by atoms with Crippen LogP contribution >= 0.6 is 0 Å². The third kappa shape index (κ3) is 38.0. The molecule has 9 nitrogen and oxygen atoms in total. The van der Waals surface area contributed by atoms with Crippen LogP contribution < -0.4 is 0 Å². The average Bonchev–Trinajstić information content (AvgIpc) is 3.31. The predicted octanol–water partition coefficient (Wildman–Crippen LogP) is 13.9. The van der Waals surface area contributed by atoms with Gasteiger partial charge in [0.1, 0.15) is 30.5 Å². The van der Waals surface area contributed by atoms with Crippen LogP contribution in [0.3, 0.4) is 0 Å². The summed E-state index contributed by atoms with van der Waals surface area (Å²) in [5, 5.41) is 40.3. The molecule has 6 unspecified atom stereocenters. The molecule has 6 atom stereocenters. The Morgan fingerprint density at radius 3 is 1.34 bits per heavy atom. The Morgan fingerprint density at radius 2 is 0.892 bits per heavy atom. The fraction of sp³-hybridized carbons (Fsp3) is 0.875. The van der Waals surface area contributed by atoms with Crippen molar-refractivity contribution < 1.29 is 44.2 Å². The summed E-state index contributed by atoms with van der Waals surface area (Å²) < 4.78 is 22.9. The molecular weight excluding hydrogens is 817 g/mol. The number of esters is 1. The number of ether oxygens (including phenoxy) is 4. The van der Waals surface area contributed by atoms with Gasteiger partial charge in [0.05, 0.1) is 19.8 Å². The number of hydrogen-bond acceptors (Lipinski definition) is 9. The van der Waals surface area contributed by atoms with Gasteiger partial charge in [0.15, 0.2) is 6.29 Å². The van der Waals surface area contributed by atoms with E-state index in [0.29, 0.717) is 13.0 Å². The van der Waals surface area contributed by atoms with E-state index < -0.39 is 43.4 Å². The molecule has 0 spiro atoms. The smallest absolute Gasteiger partial charge is 0.306 e. The summed E-state index contributed by atoms with van der Waals surface area (Å²) >= 11 is 0. The fourth-order valence-corrected chi connectivity index (χ4v) is 8.46. The van der Waals surface area contributed by atoms with E-state index in [-0.39, 0.29) is 19.2 Å². The zero-order valence-electron chi connectivity index (χ0n) is 42.2. The molecular formula is C56H104O9. The van der Waals surface area contributed by atoms with Gasteiger partial charge < -0.3 is 39.4 Å². The molecule has 1 fully saturated rings. The zero-order valence-corrected chi connectivity index (χ0v) is 42.2. The molecule has 4 N–H and O–H groups in total. The summed E-state index contributed by atoms with van der Waals surface area (Å²) in [6.45, 7) is 4.58. The lowest BCUT2D eigenvalue weighted by atomic mass is 9.99. The highest BCUT2D eigenvalue weighted by Crippen LogP contribution is 2.23. The molecule has 0 aliphatic carbocycles. The third-order valence-corrected chi connectivity index (χ3v) is 12.8. The van der Waals surface area contributed by atoms with E-state index in [4.69, 9.17) is 18.9 Å². The summed E-state index contributed by atoms with van der Waals surface area (Å²) in [4.78, 5) is 12.9. The first-order valence-corrected chi connectivity index (χ1v) is 27.6. The van der Waals surface area contributed by atoms with Gasteiger partial charge in [-0.05, 0) is 70.6 Å². The zero-order chi connectivity index (χ0) is 47.1. The molecule has 1 heterocycles. The van der Waals surface area contributed by atoms with Crippen LogP contribution in [0.2, 0.25) is 0 Å². The van der Waals surface area contributed by atoms with E-state index in [2.05, 4.69) is 50.3 Å². The largest absolute Gasteiger partial charge is 0.457 e. The maximum atomic E-state index is 12.9. The number of aliphatic hydroxyl groups excluding tert-OH is 4. The molecule has 0 radical (unpaired) electrons. The van der Waals surface area contributed by atoms with Crippen LogP contribution in [0.25, 0.3) is 0 Å². The molecule has 1 aliphatic rings. The standard InChI is InChI=1S/C56H104O9/c1-3-5-7-9-11-13-15-17-19-21-23-24-25-26-27-29-31-33-35-37-39-41-43-45-52(58)64-50(49-63-56-55(61)54(60)53(59)51(47-57)65-56)48-62-46-44-42-40-38-36-34-32-30-28-22-20-18-16-14-12-10-8-6-4-2/h15,17,20-23,50-51,53-57,59-61H,3-14,16,18-19,24-49H2,1-2H3/b17-15-,22-20-,23-21-. The monoisotopic (exact) mass is 921 g/mol. The topological polar surface area (TPSA) is 135 Å². The number of allylic oxidation sites excluding steroid dienone is 6. The van der Waals surface area contributed by atoms with E-state index >= 15 is 0 Å². The average molecular weight is 921 g/mol. The summed E-state index contributed by atoms with van der Waals surface area (Å²) in [6, 6.07) is 0. The SMILES string of the molecule is CCCCCCC/C=C\C/C=C\CCCCCCCCCCCCCC(=O)OC(COCCCCCCCCCC/C=C\CCCCCCCCC)COC1OC(CO)C(O)C(O)C1O. The van der Waals surface area contributed by atoms with Gasteiger partial charge in [0.25, 0.3) is 0 Å². The van der Waals surface area contributed by atoms with Crippen LogP contribution in [0.1, 0.15) is 251 Å². The minimum atomic E-state index is -1.54. The highest BCUT2D eigenvalue weighted by molar-refractivity contribution is 5.69. The number of carbonyl (C=O) groups excluding carboxylic acids is 1. The summed E-state index contributed by atoms with van der Waals surface area (Å²) in [5.74, 6) is -0.314. The minimum absolute atomic E-state index is 0.113. The second-order valence-electron chi connectivity index (χ2n) is 19.0. The van der Waals surface area contributed by atoms with Crippen molar-refractivity contribution in [1.29, 1.82) is 0 Å². The van der Waals surface area contributed by atoms with Crippen molar-refractivity contribution >= 4 is 5.97 Å². The van der Waals surface area contributed by atoms with Crippen LogP contribution in [0.15, 0.2) is 36.5 Å². The minimum Gasteiger partial charge on any atom is -0.457 e. The first kappa shape index (κ1) is 61.4. The molecule has 1 rings (SSSR count). The van der Waals surface area contributed by atoms with Gasteiger partial charge in [0, 0.05) is 13.0 Å².